The number of phosphoric acid groups is 1. The van der Waals surface area contributed by atoms with Crippen molar-refractivity contribution in [3.05, 3.63) is 122 Å². The average Bonchev–Trinajstić information content (AvgIpc) is 3.38. The molecule has 0 heterocycles. The Hall–Kier alpha value is -3.59. The third kappa shape index (κ3) is 55.2. The molecule has 10 heteroatoms. The lowest BCUT2D eigenvalue weighted by atomic mass is 10.1. The van der Waals surface area contributed by atoms with E-state index in [0.717, 1.165) is 109 Å². The zero-order valence-corrected chi connectivity index (χ0v) is 50.3. The fraction of sp³-hybridized carbons (Fsp3) is 0.667. The van der Waals surface area contributed by atoms with E-state index in [-0.39, 0.29) is 31.5 Å². The molecule has 0 radical (unpaired) electrons. The summed E-state index contributed by atoms with van der Waals surface area (Å²) in [6.45, 7) is 6.80. The van der Waals surface area contributed by atoms with Gasteiger partial charge >= 0.3 is 13.8 Å². The van der Waals surface area contributed by atoms with Gasteiger partial charge in [-0.05, 0) is 122 Å². The van der Waals surface area contributed by atoms with Gasteiger partial charge < -0.3 is 19.4 Å². The van der Waals surface area contributed by atoms with Gasteiger partial charge in [-0.25, -0.2) is 4.57 Å². The van der Waals surface area contributed by atoms with Crippen LogP contribution in [0.4, 0.5) is 0 Å². The molecule has 0 aromatic carbocycles. The molecular weight excluding hydrogens is 964 g/mol. The van der Waals surface area contributed by atoms with E-state index < -0.39 is 20.0 Å². The second-order valence-corrected chi connectivity index (χ2v) is 22.6. The zero-order valence-electron chi connectivity index (χ0n) is 49.4. The summed E-state index contributed by atoms with van der Waals surface area (Å²) in [5, 5.41) is 3.03. The Morgan fingerprint density at radius 3 is 1.30 bits per heavy atom. The highest BCUT2D eigenvalue weighted by Gasteiger charge is 2.30. The van der Waals surface area contributed by atoms with Gasteiger partial charge in [-0.3, -0.25) is 18.6 Å². The number of hydrogen-bond acceptors (Lipinski definition) is 6. The molecule has 2 N–H and O–H groups in total. The number of carbonyl (C=O) groups excluding carboxylic acids is 2. The van der Waals surface area contributed by atoms with E-state index >= 15 is 0 Å². The van der Waals surface area contributed by atoms with Crippen molar-refractivity contribution in [3.8, 4) is 0 Å². The number of esters is 1. The van der Waals surface area contributed by atoms with Gasteiger partial charge in [0, 0.05) is 12.8 Å². The summed E-state index contributed by atoms with van der Waals surface area (Å²) in [4.78, 5) is 37.7. The molecule has 3 unspecified atom stereocenters. The number of carbonyl (C=O) groups is 2. The van der Waals surface area contributed by atoms with Crippen LogP contribution in [0.25, 0.3) is 0 Å². The predicted octanol–water partition coefficient (Wildman–Crippen LogP) is 18.7. The van der Waals surface area contributed by atoms with Crippen LogP contribution in [-0.2, 0) is 27.9 Å². The van der Waals surface area contributed by atoms with Gasteiger partial charge in [0.1, 0.15) is 19.3 Å². The lowest BCUT2D eigenvalue weighted by Gasteiger charge is -2.27. The standard InChI is InChI=1S/C66H113N2O7P/c1-7-10-13-16-19-22-25-28-30-32-33-34-35-37-39-41-44-47-50-53-56-59-66(70)75-64(57-54-51-48-45-42-27-24-21-18-15-12-9-3)63(62-74-76(71,72)73-61-60-68(4,5)6)67-65(69)58-55-52-49-46-43-40-38-36-31-29-26-23-20-17-14-11-8-2/h10,13,19-20,22-23,28-31,33-34,37-40,44,47,54,57,63-64H,7-9,11-12,14-18,21,24-27,32,35-36,41-43,45-46,48-53,55-56,58-62H2,1-6H3,(H-,67,69,71,72)/p+1/b13-10-,22-19-,23-20-,30-28-,31-29-,34-33-,39-37-,40-38-,47-44-,57-54+. The highest BCUT2D eigenvalue weighted by molar-refractivity contribution is 7.47. The van der Waals surface area contributed by atoms with E-state index in [4.69, 9.17) is 13.8 Å². The van der Waals surface area contributed by atoms with Crippen LogP contribution in [0.15, 0.2) is 122 Å². The number of quaternary nitrogens is 1. The first-order valence-corrected chi connectivity index (χ1v) is 31.9. The van der Waals surface area contributed by atoms with Gasteiger partial charge in [0.2, 0.25) is 5.91 Å². The lowest BCUT2D eigenvalue weighted by Crippen LogP contribution is -2.47. The number of unbranched alkanes of at least 4 members (excludes halogenated alkanes) is 19. The van der Waals surface area contributed by atoms with Gasteiger partial charge in [-0.15, -0.1) is 0 Å². The normalized spacial score (nSPS) is 14.6. The van der Waals surface area contributed by atoms with E-state index in [2.05, 4.69) is 135 Å². The van der Waals surface area contributed by atoms with Gasteiger partial charge in [-0.1, -0.05) is 220 Å². The Labute approximate surface area is 467 Å². The molecule has 0 spiro atoms. The average molecular weight is 1080 g/mol. The Kier molecular flexibility index (Phi) is 52.2. The third-order valence-corrected chi connectivity index (χ3v) is 13.6. The monoisotopic (exact) mass is 1080 g/mol. The summed E-state index contributed by atoms with van der Waals surface area (Å²) in [7, 11) is 1.44. The van der Waals surface area contributed by atoms with Crippen LogP contribution in [0.5, 0.6) is 0 Å². The second-order valence-electron chi connectivity index (χ2n) is 21.1. The summed E-state index contributed by atoms with van der Waals surface area (Å²) < 4.78 is 30.6. The first-order chi connectivity index (χ1) is 36.9. The zero-order chi connectivity index (χ0) is 55.7. The molecule has 0 saturated heterocycles. The summed E-state index contributed by atoms with van der Waals surface area (Å²) in [5.74, 6) is -0.590. The quantitative estimate of drug-likeness (QED) is 0.0205. The maximum Gasteiger partial charge on any atom is 0.472 e. The molecule has 1 amide bonds. The molecule has 0 aliphatic heterocycles. The summed E-state index contributed by atoms with van der Waals surface area (Å²) in [6.07, 6.45) is 76.2. The van der Waals surface area contributed by atoms with E-state index in [1.165, 1.54) is 77.0 Å². The van der Waals surface area contributed by atoms with Crippen molar-refractivity contribution in [3.63, 3.8) is 0 Å². The summed E-state index contributed by atoms with van der Waals surface area (Å²) in [5.41, 5.74) is 0. The Morgan fingerprint density at radius 1 is 0.474 bits per heavy atom. The third-order valence-electron chi connectivity index (χ3n) is 12.6. The number of likely N-dealkylation sites (N-methyl/N-ethyl adjacent to an activating group) is 1. The maximum atomic E-state index is 13.5. The topological polar surface area (TPSA) is 111 Å². The maximum absolute atomic E-state index is 13.5. The number of rotatable bonds is 53. The number of ether oxygens (including phenoxy) is 1. The van der Waals surface area contributed by atoms with Crippen LogP contribution in [-0.4, -0.2) is 74.3 Å². The fourth-order valence-corrected chi connectivity index (χ4v) is 8.68. The minimum Gasteiger partial charge on any atom is -0.456 e. The molecule has 0 rings (SSSR count). The van der Waals surface area contributed by atoms with Gasteiger partial charge in [0.25, 0.3) is 0 Å². The highest BCUT2D eigenvalue weighted by atomic mass is 31.2. The molecule has 0 bridgehead atoms. The summed E-state index contributed by atoms with van der Waals surface area (Å²) in [6, 6.07) is -0.886. The minimum atomic E-state index is -4.47. The number of nitrogens with one attached hydrogen (secondary N) is 1. The van der Waals surface area contributed by atoms with Crippen LogP contribution in [0.1, 0.15) is 233 Å². The second kappa shape index (κ2) is 54.8. The smallest absolute Gasteiger partial charge is 0.456 e. The molecule has 434 valence electrons. The molecule has 0 saturated carbocycles. The Bertz CT molecular complexity index is 1720. The van der Waals surface area contributed by atoms with Crippen LogP contribution in [0, 0.1) is 0 Å². The van der Waals surface area contributed by atoms with E-state index in [0.29, 0.717) is 30.3 Å². The van der Waals surface area contributed by atoms with Crippen LogP contribution < -0.4 is 5.32 Å². The number of allylic oxidation sites excluding steroid dienone is 19. The van der Waals surface area contributed by atoms with Gasteiger partial charge in [0.15, 0.2) is 0 Å². The van der Waals surface area contributed by atoms with Crippen molar-refractivity contribution in [2.75, 3.05) is 40.9 Å². The number of phosphoric ester groups is 1. The van der Waals surface area contributed by atoms with E-state index in [9.17, 15) is 19.0 Å². The van der Waals surface area contributed by atoms with Gasteiger partial charge in [-0.2, -0.15) is 0 Å². The summed E-state index contributed by atoms with van der Waals surface area (Å²) >= 11 is 0. The number of nitrogens with zero attached hydrogens (tertiary/aromatic N) is 1. The lowest BCUT2D eigenvalue weighted by molar-refractivity contribution is -0.870. The van der Waals surface area contributed by atoms with Crippen LogP contribution >= 0.6 is 7.82 Å². The molecular formula is C66H114N2O7P+. The van der Waals surface area contributed by atoms with Crippen molar-refractivity contribution >= 4 is 19.7 Å². The Balaban J connectivity index is 5.42. The molecule has 0 aliphatic carbocycles. The highest BCUT2D eigenvalue weighted by Crippen LogP contribution is 2.43. The van der Waals surface area contributed by atoms with Crippen molar-refractivity contribution in [2.45, 2.75) is 245 Å². The molecule has 0 aromatic heterocycles. The van der Waals surface area contributed by atoms with Crippen molar-refractivity contribution in [1.82, 2.24) is 5.32 Å². The molecule has 3 atom stereocenters. The van der Waals surface area contributed by atoms with Gasteiger partial charge in [0.05, 0.1) is 33.8 Å². The molecule has 0 aliphatic rings. The Morgan fingerprint density at radius 2 is 0.842 bits per heavy atom. The molecule has 0 aromatic rings. The number of amides is 1. The number of hydrogen-bond donors (Lipinski definition) is 2. The first-order valence-electron chi connectivity index (χ1n) is 30.4. The first kappa shape index (κ1) is 72.4. The largest absolute Gasteiger partial charge is 0.472 e. The van der Waals surface area contributed by atoms with E-state index in [1.807, 2.05) is 33.3 Å². The van der Waals surface area contributed by atoms with Crippen molar-refractivity contribution in [2.24, 2.45) is 0 Å². The predicted molar refractivity (Wildman–Crippen MR) is 327 cm³/mol. The van der Waals surface area contributed by atoms with Crippen molar-refractivity contribution in [1.29, 1.82) is 0 Å². The van der Waals surface area contributed by atoms with Crippen LogP contribution in [0.2, 0.25) is 0 Å². The SMILES string of the molecule is CC/C=C\C/C=C\C/C=C\C/C=C\C/C=C\C/C=C\CCCCC(=O)OC(/C=C/CCCCCCCCCCCC)C(COP(=O)(O)OCC[N+](C)(C)C)NC(=O)CCCCCC/C=C\C/C=C\C/C=C\CCCCC. The molecule has 9 nitrogen and oxygen atoms in total. The van der Waals surface area contributed by atoms with Crippen LogP contribution in [0.3, 0.4) is 0 Å². The minimum absolute atomic E-state index is 0.0218. The molecule has 76 heavy (non-hydrogen) atoms. The van der Waals surface area contributed by atoms with E-state index in [1.54, 1.807) is 0 Å². The van der Waals surface area contributed by atoms with Crippen molar-refractivity contribution < 1.29 is 37.3 Å². The fourth-order valence-electron chi connectivity index (χ4n) is 7.95. The molecule has 0 fully saturated rings.